The van der Waals surface area contributed by atoms with Gasteiger partial charge in [0.2, 0.25) is 0 Å². The fourth-order valence-electron chi connectivity index (χ4n) is 0.375. The van der Waals surface area contributed by atoms with Crippen molar-refractivity contribution in [3.63, 3.8) is 0 Å². The minimum atomic E-state index is -0.884. The van der Waals surface area contributed by atoms with E-state index in [1.165, 1.54) is 4.90 Å². The number of carbonyl (C=O) groups is 1. The smallest absolute Gasteiger partial charge is 0.407 e. The lowest BCUT2D eigenvalue weighted by atomic mass is 10.6. The normalized spacial score (nSPS) is 9.11. The molecule has 0 radical (unpaired) electrons. The monoisotopic (exact) mass is 132 g/mol. The highest BCUT2D eigenvalue weighted by atomic mass is 16.4. The third-order valence-corrected chi connectivity index (χ3v) is 1.02. The Morgan fingerprint density at radius 3 is 2.67 bits per heavy atom. The van der Waals surface area contributed by atoms with Crippen LogP contribution < -0.4 is 5.32 Å². The van der Waals surface area contributed by atoms with Crippen molar-refractivity contribution in [2.24, 2.45) is 0 Å². The Kier molecular flexibility index (Phi) is 3.79. The van der Waals surface area contributed by atoms with Crippen molar-refractivity contribution in [1.29, 1.82) is 0 Å². The molecule has 1 amide bonds. The summed E-state index contributed by atoms with van der Waals surface area (Å²) in [6.07, 6.45) is -0.884. The van der Waals surface area contributed by atoms with E-state index in [-0.39, 0.29) is 0 Å². The van der Waals surface area contributed by atoms with Gasteiger partial charge in [0.1, 0.15) is 0 Å². The van der Waals surface area contributed by atoms with Crippen LogP contribution in [0.2, 0.25) is 0 Å². The van der Waals surface area contributed by atoms with E-state index in [9.17, 15) is 4.79 Å². The van der Waals surface area contributed by atoms with Crippen LogP contribution in [0, 0.1) is 0 Å². The fourth-order valence-corrected chi connectivity index (χ4v) is 0.375. The van der Waals surface area contributed by atoms with Gasteiger partial charge in [-0.1, -0.05) is 0 Å². The zero-order valence-electron chi connectivity index (χ0n) is 5.72. The molecular formula is C5H12N2O2. The molecule has 9 heavy (non-hydrogen) atoms. The second-order valence-corrected chi connectivity index (χ2v) is 1.81. The van der Waals surface area contributed by atoms with Crippen LogP contribution >= 0.6 is 0 Å². The molecule has 0 aliphatic rings. The number of hydrogen-bond acceptors (Lipinski definition) is 2. The second kappa shape index (κ2) is 4.14. The van der Waals surface area contributed by atoms with Crippen LogP contribution in [0.4, 0.5) is 4.79 Å². The average molecular weight is 132 g/mol. The van der Waals surface area contributed by atoms with Crippen LogP contribution in [0.3, 0.4) is 0 Å². The summed E-state index contributed by atoms with van der Waals surface area (Å²) in [7, 11) is 3.33. The van der Waals surface area contributed by atoms with E-state index in [1.807, 2.05) is 0 Å². The molecule has 0 aromatic carbocycles. The van der Waals surface area contributed by atoms with Gasteiger partial charge in [-0.2, -0.15) is 0 Å². The number of nitrogens with one attached hydrogen (secondary N) is 1. The molecule has 4 heteroatoms. The van der Waals surface area contributed by atoms with E-state index in [1.54, 1.807) is 14.1 Å². The van der Waals surface area contributed by atoms with E-state index < -0.39 is 6.09 Å². The largest absolute Gasteiger partial charge is 0.465 e. The van der Waals surface area contributed by atoms with E-state index in [4.69, 9.17) is 5.11 Å². The molecular weight excluding hydrogens is 120 g/mol. The zero-order chi connectivity index (χ0) is 7.28. The van der Waals surface area contributed by atoms with Crippen molar-refractivity contribution in [2.45, 2.75) is 0 Å². The maximum absolute atomic E-state index is 10.1. The number of likely N-dealkylation sites (N-methyl/N-ethyl adjacent to an activating group) is 2. The predicted octanol–water partition coefficient (Wildman–Crippen LogP) is -0.184. The molecule has 0 bridgehead atoms. The zero-order valence-corrected chi connectivity index (χ0v) is 5.72. The molecule has 0 fully saturated rings. The molecule has 0 saturated heterocycles. The van der Waals surface area contributed by atoms with Gasteiger partial charge in [-0.25, -0.2) is 4.79 Å². The second-order valence-electron chi connectivity index (χ2n) is 1.81. The molecule has 0 aliphatic carbocycles. The molecule has 0 aliphatic heterocycles. The maximum atomic E-state index is 10.1. The van der Waals surface area contributed by atoms with Gasteiger partial charge in [-0.05, 0) is 7.05 Å². The van der Waals surface area contributed by atoms with E-state index in [0.29, 0.717) is 13.1 Å². The summed E-state index contributed by atoms with van der Waals surface area (Å²) >= 11 is 0. The van der Waals surface area contributed by atoms with Gasteiger partial charge >= 0.3 is 6.09 Å². The van der Waals surface area contributed by atoms with Crippen LogP contribution in [-0.4, -0.2) is 43.3 Å². The highest BCUT2D eigenvalue weighted by Gasteiger charge is 2.01. The highest BCUT2D eigenvalue weighted by Crippen LogP contribution is 1.79. The molecule has 0 spiro atoms. The van der Waals surface area contributed by atoms with Gasteiger partial charge in [0.05, 0.1) is 0 Å². The standard InChI is InChI=1S/C5H12N2O2/c1-6-3-4-7(2)5(8)9/h6H,3-4H2,1-2H3,(H,8,9). The lowest BCUT2D eigenvalue weighted by Gasteiger charge is -2.10. The molecule has 54 valence electrons. The molecule has 0 atom stereocenters. The van der Waals surface area contributed by atoms with Crippen molar-refractivity contribution in [1.82, 2.24) is 10.2 Å². The van der Waals surface area contributed by atoms with Crippen molar-refractivity contribution in [3.8, 4) is 0 Å². The molecule has 0 rings (SSSR count). The summed E-state index contributed by atoms with van der Waals surface area (Å²) in [5, 5.41) is 11.2. The Morgan fingerprint density at radius 1 is 1.78 bits per heavy atom. The molecule has 0 aromatic heterocycles. The Hall–Kier alpha value is -0.770. The first-order chi connectivity index (χ1) is 4.18. The maximum Gasteiger partial charge on any atom is 0.407 e. The summed E-state index contributed by atoms with van der Waals surface area (Å²) in [6, 6.07) is 0. The van der Waals surface area contributed by atoms with Crippen LogP contribution in [-0.2, 0) is 0 Å². The molecule has 4 nitrogen and oxygen atoms in total. The van der Waals surface area contributed by atoms with Gasteiger partial charge in [0, 0.05) is 20.1 Å². The van der Waals surface area contributed by atoms with Crippen LogP contribution in [0.5, 0.6) is 0 Å². The topological polar surface area (TPSA) is 52.6 Å². The van der Waals surface area contributed by atoms with E-state index >= 15 is 0 Å². The van der Waals surface area contributed by atoms with Crippen molar-refractivity contribution < 1.29 is 9.90 Å². The third-order valence-electron chi connectivity index (χ3n) is 1.02. The lowest BCUT2D eigenvalue weighted by molar-refractivity contribution is 0.156. The highest BCUT2D eigenvalue weighted by molar-refractivity contribution is 5.64. The quantitative estimate of drug-likeness (QED) is 0.560. The summed E-state index contributed by atoms with van der Waals surface area (Å²) in [4.78, 5) is 11.3. The molecule has 0 unspecified atom stereocenters. The first-order valence-corrected chi connectivity index (χ1v) is 2.77. The van der Waals surface area contributed by atoms with Crippen LogP contribution in [0.25, 0.3) is 0 Å². The Labute approximate surface area is 54.5 Å². The fraction of sp³-hybridized carbons (Fsp3) is 0.800. The number of hydrogen-bond donors (Lipinski definition) is 2. The van der Waals surface area contributed by atoms with Crippen LogP contribution in [0.1, 0.15) is 0 Å². The first kappa shape index (κ1) is 8.23. The number of nitrogens with zero attached hydrogens (tertiary/aromatic N) is 1. The van der Waals surface area contributed by atoms with Gasteiger partial charge in [0.25, 0.3) is 0 Å². The predicted molar refractivity (Wildman–Crippen MR) is 34.6 cm³/mol. The van der Waals surface area contributed by atoms with E-state index in [0.717, 1.165) is 0 Å². The van der Waals surface area contributed by atoms with Gasteiger partial charge < -0.3 is 15.3 Å². The van der Waals surface area contributed by atoms with Crippen molar-refractivity contribution >= 4 is 6.09 Å². The summed E-state index contributed by atoms with van der Waals surface area (Å²) in [6.45, 7) is 1.23. The number of carboxylic acid groups (broad SMARTS) is 1. The summed E-state index contributed by atoms with van der Waals surface area (Å²) in [5.41, 5.74) is 0. The summed E-state index contributed by atoms with van der Waals surface area (Å²) in [5.74, 6) is 0. The number of amides is 1. The minimum Gasteiger partial charge on any atom is -0.465 e. The molecule has 2 N–H and O–H groups in total. The van der Waals surface area contributed by atoms with Crippen LogP contribution in [0.15, 0.2) is 0 Å². The Morgan fingerprint density at radius 2 is 2.33 bits per heavy atom. The average Bonchev–Trinajstić information content (AvgIpc) is 1.82. The van der Waals surface area contributed by atoms with Crippen molar-refractivity contribution in [3.05, 3.63) is 0 Å². The third kappa shape index (κ3) is 3.78. The lowest BCUT2D eigenvalue weighted by Crippen LogP contribution is -2.31. The molecule has 0 saturated carbocycles. The number of rotatable bonds is 3. The molecule has 0 heterocycles. The SMILES string of the molecule is CNCCN(C)C(=O)O. The first-order valence-electron chi connectivity index (χ1n) is 2.77. The van der Waals surface area contributed by atoms with Crippen molar-refractivity contribution in [2.75, 3.05) is 27.2 Å². The van der Waals surface area contributed by atoms with Gasteiger partial charge in [-0.15, -0.1) is 0 Å². The van der Waals surface area contributed by atoms with Gasteiger partial charge in [0.15, 0.2) is 0 Å². The van der Waals surface area contributed by atoms with Gasteiger partial charge in [-0.3, -0.25) is 0 Å². The Balaban J connectivity index is 3.27. The minimum absolute atomic E-state index is 0.534. The molecule has 0 aromatic rings. The summed E-state index contributed by atoms with van der Waals surface area (Å²) < 4.78 is 0. The Bertz CT molecular complexity index is 95.0. The van der Waals surface area contributed by atoms with E-state index in [2.05, 4.69) is 5.32 Å².